The number of carbonyl (C=O) groups excluding carboxylic acids is 1. The maximum absolute atomic E-state index is 11.9. The SMILES string of the molecule is COc1cc(/C=N\NC(=O)Cc2ccc([N+](=O)[O-])cc2)cc(I)c1OC. The number of hydrazone groups is 1. The van der Waals surface area contributed by atoms with Crippen LogP contribution in [0.2, 0.25) is 0 Å². The Morgan fingerprint density at radius 1 is 1.27 bits per heavy atom. The summed E-state index contributed by atoms with van der Waals surface area (Å²) in [6, 6.07) is 9.38. The van der Waals surface area contributed by atoms with E-state index in [1.165, 1.54) is 30.5 Å². The van der Waals surface area contributed by atoms with E-state index in [0.29, 0.717) is 17.1 Å². The largest absolute Gasteiger partial charge is 0.493 e. The zero-order chi connectivity index (χ0) is 19.1. The molecule has 0 aromatic heterocycles. The van der Waals surface area contributed by atoms with Gasteiger partial charge in [0.15, 0.2) is 11.5 Å². The number of hydrogen-bond donors (Lipinski definition) is 1. The minimum atomic E-state index is -0.487. The van der Waals surface area contributed by atoms with Crippen LogP contribution in [0.25, 0.3) is 0 Å². The van der Waals surface area contributed by atoms with Crippen LogP contribution in [0.5, 0.6) is 11.5 Å². The summed E-state index contributed by atoms with van der Waals surface area (Å²) in [4.78, 5) is 22.0. The Bertz CT molecular complexity index is 837. The number of nitrogens with zero attached hydrogens (tertiary/aromatic N) is 2. The summed E-state index contributed by atoms with van der Waals surface area (Å²) < 4.78 is 11.4. The van der Waals surface area contributed by atoms with E-state index in [9.17, 15) is 14.9 Å². The first-order valence-corrected chi connectivity index (χ1v) is 8.49. The molecule has 0 saturated carbocycles. The average Bonchev–Trinajstić information content (AvgIpc) is 2.61. The Morgan fingerprint density at radius 3 is 2.54 bits per heavy atom. The van der Waals surface area contributed by atoms with Gasteiger partial charge in [-0.2, -0.15) is 5.10 Å². The highest BCUT2D eigenvalue weighted by Crippen LogP contribution is 2.32. The molecule has 2 aromatic carbocycles. The van der Waals surface area contributed by atoms with E-state index in [0.717, 1.165) is 9.13 Å². The lowest BCUT2D eigenvalue weighted by Gasteiger charge is -2.10. The fourth-order valence-corrected chi connectivity index (χ4v) is 3.00. The van der Waals surface area contributed by atoms with Crippen LogP contribution in [0.1, 0.15) is 11.1 Å². The van der Waals surface area contributed by atoms with Crippen molar-refractivity contribution in [3.05, 3.63) is 61.2 Å². The molecular formula is C17H16IN3O5. The minimum absolute atomic E-state index is 0.0183. The number of halogens is 1. The zero-order valence-corrected chi connectivity index (χ0v) is 16.2. The molecule has 2 rings (SSSR count). The van der Waals surface area contributed by atoms with Crippen molar-refractivity contribution >= 4 is 40.4 Å². The third-order valence-corrected chi connectivity index (χ3v) is 4.17. The van der Waals surface area contributed by atoms with Crippen molar-refractivity contribution in [3.8, 4) is 11.5 Å². The summed E-state index contributed by atoms with van der Waals surface area (Å²) in [5.74, 6) is 0.871. The van der Waals surface area contributed by atoms with Crippen LogP contribution in [-0.4, -0.2) is 31.3 Å². The Morgan fingerprint density at radius 2 is 1.96 bits per heavy atom. The van der Waals surface area contributed by atoms with Crippen molar-refractivity contribution in [3.63, 3.8) is 0 Å². The molecule has 0 unspecified atom stereocenters. The number of methoxy groups -OCH3 is 2. The van der Waals surface area contributed by atoms with E-state index in [1.54, 1.807) is 20.3 Å². The number of nitrogens with one attached hydrogen (secondary N) is 1. The quantitative estimate of drug-likeness (QED) is 0.291. The van der Waals surface area contributed by atoms with Crippen molar-refractivity contribution in [2.24, 2.45) is 5.10 Å². The highest BCUT2D eigenvalue weighted by atomic mass is 127. The second-order valence-corrected chi connectivity index (χ2v) is 6.29. The predicted molar refractivity (Wildman–Crippen MR) is 105 cm³/mol. The third kappa shape index (κ3) is 5.15. The van der Waals surface area contributed by atoms with E-state index in [1.807, 2.05) is 6.07 Å². The highest BCUT2D eigenvalue weighted by Gasteiger charge is 2.10. The molecule has 0 heterocycles. The van der Waals surface area contributed by atoms with Crippen LogP contribution in [0, 0.1) is 13.7 Å². The van der Waals surface area contributed by atoms with Gasteiger partial charge in [0, 0.05) is 12.1 Å². The number of rotatable bonds is 7. The summed E-state index contributed by atoms with van der Waals surface area (Å²) >= 11 is 2.12. The van der Waals surface area contributed by atoms with Gasteiger partial charge in [0.1, 0.15) is 0 Å². The standard InChI is InChI=1S/C17H16IN3O5/c1-25-15-8-12(7-14(18)17(15)26-2)10-19-20-16(22)9-11-3-5-13(6-4-11)21(23)24/h3-8,10H,9H2,1-2H3,(H,20,22)/b19-10-. The lowest BCUT2D eigenvalue weighted by Crippen LogP contribution is -2.19. The summed E-state index contributed by atoms with van der Waals surface area (Å²) in [5.41, 5.74) is 3.80. The summed E-state index contributed by atoms with van der Waals surface area (Å²) in [6.07, 6.45) is 1.57. The molecule has 0 fully saturated rings. The molecule has 0 bridgehead atoms. The maximum atomic E-state index is 11.9. The minimum Gasteiger partial charge on any atom is -0.493 e. The highest BCUT2D eigenvalue weighted by molar-refractivity contribution is 14.1. The van der Waals surface area contributed by atoms with E-state index < -0.39 is 4.92 Å². The molecule has 0 saturated heterocycles. The number of hydrogen-bond acceptors (Lipinski definition) is 6. The van der Waals surface area contributed by atoms with E-state index in [-0.39, 0.29) is 18.0 Å². The Balaban J connectivity index is 1.98. The van der Waals surface area contributed by atoms with Gasteiger partial charge in [0.2, 0.25) is 5.91 Å². The van der Waals surface area contributed by atoms with Crippen molar-refractivity contribution in [1.29, 1.82) is 0 Å². The number of non-ortho nitro benzene ring substituents is 1. The van der Waals surface area contributed by atoms with Gasteiger partial charge in [0.05, 0.1) is 35.3 Å². The molecule has 2 aromatic rings. The van der Waals surface area contributed by atoms with Crippen LogP contribution >= 0.6 is 22.6 Å². The second-order valence-electron chi connectivity index (χ2n) is 5.13. The molecule has 0 aliphatic rings. The molecule has 9 heteroatoms. The number of ether oxygens (including phenoxy) is 2. The van der Waals surface area contributed by atoms with Gasteiger partial charge in [-0.1, -0.05) is 12.1 Å². The van der Waals surface area contributed by atoms with Crippen LogP contribution < -0.4 is 14.9 Å². The monoisotopic (exact) mass is 469 g/mol. The molecule has 0 radical (unpaired) electrons. The van der Waals surface area contributed by atoms with Gasteiger partial charge in [-0.3, -0.25) is 14.9 Å². The summed E-state index contributed by atoms with van der Waals surface area (Å²) in [5, 5.41) is 14.5. The molecule has 136 valence electrons. The van der Waals surface area contributed by atoms with E-state index in [2.05, 4.69) is 33.1 Å². The number of carbonyl (C=O) groups is 1. The van der Waals surface area contributed by atoms with Crippen molar-refractivity contribution in [1.82, 2.24) is 5.43 Å². The molecule has 0 aliphatic heterocycles. The fourth-order valence-electron chi connectivity index (χ4n) is 2.15. The number of nitro groups is 1. The van der Waals surface area contributed by atoms with Crippen molar-refractivity contribution in [2.75, 3.05) is 14.2 Å². The van der Waals surface area contributed by atoms with Crippen LogP contribution in [0.15, 0.2) is 41.5 Å². The fraction of sp³-hybridized carbons (Fsp3) is 0.176. The smallest absolute Gasteiger partial charge is 0.269 e. The predicted octanol–water partition coefficient (Wildman–Crippen LogP) is 2.91. The molecule has 26 heavy (non-hydrogen) atoms. The van der Waals surface area contributed by atoms with E-state index >= 15 is 0 Å². The molecule has 8 nitrogen and oxygen atoms in total. The first kappa shape index (κ1) is 19.6. The maximum Gasteiger partial charge on any atom is 0.269 e. The summed E-state index contributed by atoms with van der Waals surface area (Å²) in [6.45, 7) is 0. The first-order chi connectivity index (χ1) is 12.4. The van der Waals surface area contributed by atoms with Gasteiger partial charge in [-0.25, -0.2) is 5.43 Å². The summed E-state index contributed by atoms with van der Waals surface area (Å²) in [7, 11) is 3.10. The molecule has 0 spiro atoms. The average molecular weight is 469 g/mol. The number of nitro benzene ring substituents is 1. The zero-order valence-electron chi connectivity index (χ0n) is 14.1. The third-order valence-electron chi connectivity index (χ3n) is 3.37. The van der Waals surface area contributed by atoms with Crippen molar-refractivity contribution < 1.29 is 19.2 Å². The normalized spacial score (nSPS) is 10.6. The molecule has 0 atom stereocenters. The van der Waals surface area contributed by atoms with Gasteiger partial charge < -0.3 is 9.47 Å². The molecular weight excluding hydrogens is 453 g/mol. The Kier molecular flexibility index (Phi) is 6.89. The number of amides is 1. The number of benzene rings is 2. The molecule has 1 amide bonds. The van der Waals surface area contributed by atoms with Gasteiger partial charge in [-0.05, 0) is 45.9 Å². The molecule has 0 aliphatic carbocycles. The Hall–Kier alpha value is -2.69. The lowest BCUT2D eigenvalue weighted by atomic mass is 10.1. The van der Waals surface area contributed by atoms with Gasteiger partial charge >= 0.3 is 0 Å². The van der Waals surface area contributed by atoms with Crippen LogP contribution in [0.4, 0.5) is 5.69 Å². The van der Waals surface area contributed by atoms with Crippen molar-refractivity contribution in [2.45, 2.75) is 6.42 Å². The van der Waals surface area contributed by atoms with Crippen LogP contribution in [-0.2, 0) is 11.2 Å². The first-order valence-electron chi connectivity index (χ1n) is 7.41. The van der Waals surface area contributed by atoms with Gasteiger partial charge in [-0.15, -0.1) is 0 Å². The second kappa shape index (κ2) is 9.13. The van der Waals surface area contributed by atoms with Gasteiger partial charge in [0.25, 0.3) is 5.69 Å². The van der Waals surface area contributed by atoms with Crippen LogP contribution in [0.3, 0.4) is 0 Å². The Labute approximate surface area is 163 Å². The lowest BCUT2D eigenvalue weighted by molar-refractivity contribution is -0.384. The van der Waals surface area contributed by atoms with E-state index in [4.69, 9.17) is 9.47 Å². The topological polar surface area (TPSA) is 103 Å². The molecule has 1 N–H and O–H groups in total.